The van der Waals surface area contributed by atoms with Gasteiger partial charge in [0.2, 0.25) is 0 Å². The van der Waals surface area contributed by atoms with Gasteiger partial charge in [0.1, 0.15) is 0 Å². The van der Waals surface area contributed by atoms with Gasteiger partial charge in [-0.1, -0.05) is 36.8 Å². The van der Waals surface area contributed by atoms with E-state index in [4.69, 9.17) is 0 Å². The minimum atomic E-state index is -0.402. The molecular formula is C17H23NO. The number of rotatable bonds is 2. The Balaban J connectivity index is 1.54. The number of hydrogen-bond donors (Lipinski definition) is 1. The highest BCUT2D eigenvalue weighted by atomic mass is 16.3. The molecule has 1 aromatic rings. The molecule has 0 radical (unpaired) electrons. The molecule has 1 saturated carbocycles. The molecule has 4 unspecified atom stereocenters. The predicted molar refractivity (Wildman–Crippen MR) is 76.1 cm³/mol. The quantitative estimate of drug-likeness (QED) is 0.880. The third kappa shape index (κ3) is 1.85. The Labute approximate surface area is 115 Å². The van der Waals surface area contributed by atoms with Crippen molar-refractivity contribution in [2.45, 2.75) is 49.7 Å². The van der Waals surface area contributed by atoms with Crippen LogP contribution >= 0.6 is 0 Å². The van der Waals surface area contributed by atoms with E-state index >= 15 is 0 Å². The maximum absolute atomic E-state index is 11.2. The molecule has 4 atom stereocenters. The second-order valence-electron chi connectivity index (χ2n) is 6.65. The lowest BCUT2D eigenvalue weighted by molar-refractivity contribution is -0.0290. The maximum Gasteiger partial charge on any atom is 0.0848 e. The summed E-state index contributed by atoms with van der Waals surface area (Å²) in [4.78, 5) is 2.55. The third-order valence-corrected chi connectivity index (χ3v) is 5.65. The summed E-state index contributed by atoms with van der Waals surface area (Å²) in [6, 6.07) is 11.2. The highest BCUT2D eigenvalue weighted by Gasteiger charge is 2.59. The van der Waals surface area contributed by atoms with Crippen LogP contribution in [0.25, 0.3) is 0 Å². The summed E-state index contributed by atoms with van der Waals surface area (Å²) in [6.45, 7) is 2.31. The van der Waals surface area contributed by atoms with E-state index < -0.39 is 5.60 Å². The van der Waals surface area contributed by atoms with Crippen LogP contribution in [0.5, 0.6) is 0 Å². The fourth-order valence-corrected chi connectivity index (χ4v) is 4.56. The largest absolute Gasteiger partial charge is 0.388 e. The van der Waals surface area contributed by atoms with Crippen molar-refractivity contribution in [2.24, 2.45) is 5.92 Å². The van der Waals surface area contributed by atoms with Crippen molar-refractivity contribution in [3.63, 3.8) is 0 Å². The smallest absolute Gasteiger partial charge is 0.0848 e. The van der Waals surface area contributed by atoms with Crippen molar-refractivity contribution in [3.05, 3.63) is 35.9 Å². The topological polar surface area (TPSA) is 23.5 Å². The van der Waals surface area contributed by atoms with Crippen LogP contribution in [0.4, 0.5) is 0 Å². The highest BCUT2D eigenvalue weighted by molar-refractivity contribution is 5.29. The van der Waals surface area contributed by atoms with E-state index in [-0.39, 0.29) is 0 Å². The molecule has 0 aromatic heterocycles. The van der Waals surface area contributed by atoms with Gasteiger partial charge in [0, 0.05) is 12.6 Å². The molecule has 2 nitrogen and oxygen atoms in total. The molecule has 102 valence electrons. The molecule has 0 amide bonds. The van der Waals surface area contributed by atoms with Gasteiger partial charge in [-0.2, -0.15) is 0 Å². The molecule has 4 rings (SSSR count). The second kappa shape index (κ2) is 4.32. The first-order valence-electron chi connectivity index (χ1n) is 7.80. The van der Waals surface area contributed by atoms with Gasteiger partial charge in [0.05, 0.1) is 5.60 Å². The number of aliphatic hydroxyl groups is 1. The van der Waals surface area contributed by atoms with Gasteiger partial charge in [-0.3, -0.25) is 4.90 Å². The molecule has 2 aliphatic heterocycles. The number of fused-ring (bicyclic) bond motifs is 1. The van der Waals surface area contributed by atoms with E-state index in [0.717, 1.165) is 13.0 Å². The Hall–Kier alpha value is -0.860. The summed E-state index contributed by atoms with van der Waals surface area (Å²) in [6.07, 6.45) is 6.00. The summed E-state index contributed by atoms with van der Waals surface area (Å²) in [5.74, 6) is 1.11. The fraction of sp³-hybridized carbons (Fsp3) is 0.647. The Morgan fingerprint density at radius 1 is 1.11 bits per heavy atom. The van der Waals surface area contributed by atoms with Crippen molar-refractivity contribution in [1.82, 2.24) is 4.90 Å². The van der Waals surface area contributed by atoms with Crippen LogP contribution < -0.4 is 0 Å². The molecule has 0 bridgehead atoms. The molecule has 3 fully saturated rings. The lowest BCUT2D eigenvalue weighted by atomic mass is 9.83. The highest BCUT2D eigenvalue weighted by Crippen LogP contribution is 2.58. The SMILES string of the molecule is OC1(C2CC2c2ccccc2)CCN2CCCCC21. The number of piperidine rings is 1. The Morgan fingerprint density at radius 2 is 1.95 bits per heavy atom. The molecule has 1 aromatic carbocycles. The predicted octanol–water partition coefficient (Wildman–Crippen LogP) is 2.78. The van der Waals surface area contributed by atoms with Crippen LogP contribution in [0.15, 0.2) is 30.3 Å². The zero-order valence-electron chi connectivity index (χ0n) is 11.5. The van der Waals surface area contributed by atoms with Gasteiger partial charge in [-0.05, 0) is 49.6 Å². The lowest BCUT2D eigenvalue weighted by Gasteiger charge is -2.38. The molecule has 2 saturated heterocycles. The van der Waals surface area contributed by atoms with Crippen LogP contribution in [0.1, 0.15) is 43.6 Å². The molecule has 2 heteroatoms. The molecular weight excluding hydrogens is 234 g/mol. The van der Waals surface area contributed by atoms with E-state index in [2.05, 4.69) is 35.2 Å². The summed E-state index contributed by atoms with van der Waals surface area (Å²) in [5, 5.41) is 11.2. The molecule has 2 heterocycles. The Bertz CT molecular complexity index is 460. The molecule has 1 aliphatic carbocycles. The standard InChI is InChI=1S/C17H23NO/c19-17(9-11-18-10-5-4-8-16(17)18)15-12-14(15)13-6-2-1-3-7-13/h1-3,6-7,14-16,19H,4-5,8-12H2. The van der Waals surface area contributed by atoms with E-state index in [1.807, 2.05) is 0 Å². The van der Waals surface area contributed by atoms with Gasteiger partial charge >= 0.3 is 0 Å². The fourth-order valence-electron chi connectivity index (χ4n) is 4.56. The van der Waals surface area contributed by atoms with Crippen molar-refractivity contribution < 1.29 is 5.11 Å². The molecule has 0 spiro atoms. The lowest BCUT2D eigenvalue weighted by Crippen LogP contribution is -2.48. The van der Waals surface area contributed by atoms with Crippen LogP contribution in [0.3, 0.4) is 0 Å². The van der Waals surface area contributed by atoms with Gasteiger partial charge in [-0.25, -0.2) is 0 Å². The average Bonchev–Trinajstić information content (AvgIpc) is 3.21. The average molecular weight is 257 g/mol. The van der Waals surface area contributed by atoms with Crippen molar-refractivity contribution >= 4 is 0 Å². The van der Waals surface area contributed by atoms with Crippen molar-refractivity contribution in [2.75, 3.05) is 13.1 Å². The number of hydrogen-bond acceptors (Lipinski definition) is 2. The zero-order chi connectivity index (χ0) is 12.9. The van der Waals surface area contributed by atoms with Gasteiger partial charge < -0.3 is 5.11 Å². The normalized spacial score (nSPS) is 42.1. The first kappa shape index (κ1) is 11.9. The van der Waals surface area contributed by atoms with E-state index in [0.29, 0.717) is 17.9 Å². The number of benzene rings is 1. The number of nitrogens with zero attached hydrogens (tertiary/aromatic N) is 1. The zero-order valence-corrected chi connectivity index (χ0v) is 11.5. The molecule has 19 heavy (non-hydrogen) atoms. The third-order valence-electron chi connectivity index (χ3n) is 5.65. The van der Waals surface area contributed by atoms with Gasteiger partial charge in [-0.15, -0.1) is 0 Å². The minimum absolute atomic E-state index is 0.402. The minimum Gasteiger partial charge on any atom is -0.388 e. The summed E-state index contributed by atoms with van der Waals surface area (Å²) >= 11 is 0. The first-order chi connectivity index (χ1) is 9.29. The van der Waals surface area contributed by atoms with Gasteiger partial charge in [0.15, 0.2) is 0 Å². The summed E-state index contributed by atoms with van der Waals surface area (Å²) in [5.41, 5.74) is 1.02. The summed E-state index contributed by atoms with van der Waals surface area (Å²) in [7, 11) is 0. The Morgan fingerprint density at radius 3 is 2.79 bits per heavy atom. The van der Waals surface area contributed by atoms with Crippen LogP contribution in [-0.2, 0) is 0 Å². The van der Waals surface area contributed by atoms with Crippen LogP contribution in [-0.4, -0.2) is 34.7 Å². The Kier molecular flexibility index (Phi) is 2.71. The first-order valence-corrected chi connectivity index (χ1v) is 7.80. The van der Waals surface area contributed by atoms with Crippen molar-refractivity contribution in [3.8, 4) is 0 Å². The molecule has 3 aliphatic rings. The summed E-state index contributed by atoms with van der Waals surface area (Å²) < 4.78 is 0. The van der Waals surface area contributed by atoms with E-state index in [1.165, 1.54) is 37.8 Å². The van der Waals surface area contributed by atoms with Crippen molar-refractivity contribution in [1.29, 1.82) is 0 Å². The van der Waals surface area contributed by atoms with Crippen LogP contribution in [0.2, 0.25) is 0 Å². The monoisotopic (exact) mass is 257 g/mol. The van der Waals surface area contributed by atoms with Crippen LogP contribution in [0, 0.1) is 5.92 Å². The van der Waals surface area contributed by atoms with E-state index in [9.17, 15) is 5.11 Å². The van der Waals surface area contributed by atoms with Gasteiger partial charge in [0.25, 0.3) is 0 Å². The second-order valence-corrected chi connectivity index (χ2v) is 6.65. The molecule has 1 N–H and O–H groups in total. The van der Waals surface area contributed by atoms with E-state index in [1.54, 1.807) is 0 Å². The maximum atomic E-state index is 11.2.